The number of aromatic nitrogens is 1. The minimum atomic E-state index is -0.379. The molecule has 126 valence electrons. The van der Waals surface area contributed by atoms with Gasteiger partial charge in [-0.05, 0) is 31.9 Å². The first-order valence-electron chi connectivity index (χ1n) is 8.01. The number of amides is 3. The molecular formula is C17H20N4O2S. The topological polar surface area (TPSA) is 83.1 Å². The van der Waals surface area contributed by atoms with Gasteiger partial charge in [-0.1, -0.05) is 30.5 Å². The highest BCUT2D eigenvalue weighted by Gasteiger charge is 2.19. The molecule has 3 rings (SSSR count). The van der Waals surface area contributed by atoms with Gasteiger partial charge in [0.15, 0.2) is 5.13 Å². The van der Waals surface area contributed by atoms with Gasteiger partial charge in [-0.25, -0.2) is 9.78 Å². The largest absolute Gasteiger partial charge is 0.348 e. The van der Waals surface area contributed by atoms with Crippen LogP contribution in [0.1, 0.15) is 41.7 Å². The molecule has 2 aromatic rings. The lowest BCUT2D eigenvalue weighted by molar-refractivity contribution is 0.0933. The number of carbonyl (C=O) groups excluding carboxylic acids is 2. The summed E-state index contributed by atoms with van der Waals surface area (Å²) >= 11 is 1.23. The molecule has 0 aliphatic heterocycles. The third kappa shape index (κ3) is 4.32. The van der Waals surface area contributed by atoms with Crippen molar-refractivity contribution in [3.63, 3.8) is 0 Å². The number of thiazole rings is 1. The summed E-state index contributed by atoms with van der Waals surface area (Å²) in [6.07, 6.45) is 4.38. The molecule has 7 heteroatoms. The Labute approximate surface area is 144 Å². The highest BCUT2D eigenvalue weighted by molar-refractivity contribution is 7.14. The molecule has 1 aromatic heterocycles. The van der Waals surface area contributed by atoms with Crippen LogP contribution in [-0.2, 0) is 0 Å². The number of hydrogen-bond donors (Lipinski definition) is 3. The smallest absolute Gasteiger partial charge is 0.325 e. The lowest BCUT2D eigenvalue weighted by Gasteiger charge is -2.09. The highest BCUT2D eigenvalue weighted by atomic mass is 32.1. The Kier molecular flexibility index (Phi) is 5.10. The molecule has 3 N–H and O–H groups in total. The van der Waals surface area contributed by atoms with Gasteiger partial charge < -0.3 is 10.6 Å². The van der Waals surface area contributed by atoms with Crippen LogP contribution in [0, 0.1) is 6.92 Å². The first-order valence-corrected chi connectivity index (χ1v) is 8.89. The second-order valence-electron chi connectivity index (χ2n) is 5.94. The van der Waals surface area contributed by atoms with E-state index in [1.165, 1.54) is 11.3 Å². The number of urea groups is 1. The van der Waals surface area contributed by atoms with E-state index in [1.54, 1.807) is 5.38 Å². The zero-order chi connectivity index (χ0) is 16.9. The van der Waals surface area contributed by atoms with Gasteiger partial charge >= 0.3 is 6.03 Å². The minimum Gasteiger partial charge on any atom is -0.348 e. The number of carbonyl (C=O) groups is 2. The van der Waals surface area contributed by atoms with Crippen LogP contribution in [0.3, 0.4) is 0 Å². The molecule has 0 atom stereocenters. The van der Waals surface area contributed by atoms with Crippen LogP contribution >= 0.6 is 11.3 Å². The maximum atomic E-state index is 12.1. The van der Waals surface area contributed by atoms with Crippen molar-refractivity contribution in [2.24, 2.45) is 0 Å². The van der Waals surface area contributed by atoms with Gasteiger partial charge in [-0.2, -0.15) is 0 Å². The fraction of sp³-hybridized carbons (Fsp3) is 0.353. The predicted molar refractivity (Wildman–Crippen MR) is 95.7 cm³/mol. The number of benzene rings is 1. The van der Waals surface area contributed by atoms with Gasteiger partial charge in [0.2, 0.25) is 0 Å². The SMILES string of the molecule is Cc1ccc(NC(=O)Nc2nc(C(=O)NC3CCCC3)cs2)cc1. The van der Waals surface area contributed by atoms with Crippen LogP contribution in [0.2, 0.25) is 0 Å². The van der Waals surface area contributed by atoms with E-state index in [9.17, 15) is 9.59 Å². The Hall–Kier alpha value is -2.41. The van der Waals surface area contributed by atoms with Gasteiger partial charge in [0.05, 0.1) is 0 Å². The third-order valence-corrected chi connectivity index (χ3v) is 4.71. The molecule has 1 fully saturated rings. The molecule has 0 spiro atoms. The number of nitrogens with zero attached hydrogens (tertiary/aromatic N) is 1. The molecule has 1 heterocycles. The van der Waals surface area contributed by atoms with Crippen LogP contribution in [0.5, 0.6) is 0 Å². The van der Waals surface area contributed by atoms with Gasteiger partial charge in [0, 0.05) is 17.1 Å². The lowest BCUT2D eigenvalue weighted by atomic mass is 10.2. The van der Waals surface area contributed by atoms with Crippen molar-refractivity contribution in [2.75, 3.05) is 10.6 Å². The molecule has 24 heavy (non-hydrogen) atoms. The van der Waals surface area contributed by atoms with Crippen molar-refractivity contribution in [3.8, 4) is 0 Å². The zero-order valence-corrected chi connectivity index (χ0v) is 14.3. The number of nitrogens with one attached hydrogen (secondary N) is 3. The minimum absolute atomic E-state index is 0.176. The van der Waals surface area contributed by atoms with Crippen molar-refractivity contribution < 1.29 is 9.59 Å². The summed E-state index contributed by atoms with van der Waals surface area (Å²) in [6, 6.07) is 7.38. The molecule has 1 saturated carbocycles. The fourth-order valence-corrected chi connectivity index (χ4v) is 3.35. The number of rotatable bonds is 4. The van der Waals surface area contributed by atoms with E-state index in [0.29, 0.717) is 16.5 Å². The molecular weight excluding hydrogens is 324 g/mol. The van der Waals surface area contributed by atoms with E-state index in [0.717, 1.165) is 31.2 Å². The first-order chi connectivity index (χ1) is 11.6. The van der Waals surface area contributed by atoms with Crippen LogP contribution in [0.15, 0.2) is 29.6 Å². The van der Waals surface area contributed by atoms with E-state index in [4.69, 9.17) is 0 Å². The molecule has 0 unspecified atom stereocenters. The summed E-state index contributed by atoms with van der Waals surface area (Å²) in [7, 11) is 0. The van der Waals surface area contributed by atoms with Gasteiger partial charge in [-0.15, -0.1) is 11.3 Å². The quantitative estimate of drug-likeness (QED) is 0.789. The molecule has 0 saturated heterocycles. The Morgan fingerprint density at radius 3 is 2.54 bits per heavy atom. The Balaban J connectivity index is 1.54. The summed E-state index contributed by atoms with van der Waals surface area (Å²) in [4.78, 5) is 28.3. The molecule has 1 aliphatic rings. The standard InChI is InChI=1S/C17H20N4O2S/c1-11-6-8-13(9-7-11)19-16(23)21-17-20-14(10-24-17)15(22)18-12-4-2-3-5-12/h6-10,12H,2-5H2,1H3,(H,18,22)(H2,19,20,21,23). The molecule has 1 aromatic carbocycles. The molecule has 3 amide bonds. The Morgan fingerprint density at radius 2 is 1.83 bits per heavy atom. The fourth-order valence-electron chi connectivity index (χ4n) is 2.66. The zero-order valence-electron chi connectivity index (χ0n) is 13.5. The van der Waals surface area contributed by atoms with E-state index in [2.05, 4.69) is 20.9 Å². The normalized spacial score (nSPS) is 14.4. The average molecular weight is 344 g/mol. The molecule has 0 radical (unpaired) electrons. The molecule has 6 nitrogen and oxygen atoms in total. The van der Waals surface area contributed by atoms with Crippen molar-refractivity contribution >= 4 is 34.1 Å². The second kappa shape index (κ2) is 7.44. The summed E-state index contributed by atoms with van der Waals surface area (Å²) in [6.45, 7) is 1.98. The van der Waals surface area contributed by atoms with Crippen LogP contribution in [0.25, 0.3) is 0 Å². The van der Waals surface area contributed by atoms with Crippen LogP contribution in [-0.4, -0.2) is 23.0 Å². The summed E-state index contributed by atoms with van der Waals surface area (Å²) in [5.41, 5.74) is 2.17. The van der Waals surface area contributed by atoms with Crippen LogP contribution < -0.4 is 16.0 Å². The highest BCUT2D eigenvalue weighted by Crippen LogP contribution is 2.20. The first kappa shape index (κ1) is 16.4. The second-order valence-corrected chi connectivity index (χ2v) is 6.80. The summed E-state index contributed by atoms with van der Waals surface area (Å²) < 4.78 is 0. The Bertz CT molecular complexity index is 720. The average Bonchev–Trinajstić information content (AvgIpc) is 3.21. The molecule has 0 bridgehead atoms. The predicted octanol–water partition coefficient (Wildman–Crippen LogP) is 3.77. The maximum Gasteiger partial charge on any atom is 0.325 e. The lowest BCUT2D eigenvalue weighted by Crippen LogP contribution is -2.32. The maximum absolute atomic E-state index is 12.1. The van der Waals surface area contributed by atoms with Crippen molar-refractivity contribution in [1.82, 2.24) is 10.3 Å². The van der Waals surface area contributed by atoms with Gasteiger partial charge in [-0.3, -0.25) is 10.1 Å². The number of hydrogen-bond acceptors (Lipinski definition) is 4. The third-order valence-electron chi connectivity index (χ3n) is 3.96. The van der Waals surface area contributed by atoms with Crippen molar-refractivity contribution in [1.29, 1.82) is 0 Å². The Morgan fingerprint density at radius 1 is 1.12 bits per heavy atom. The number of aryl methyl sites for hydroxylation is 1. The van der Waals surface area contributed by atoms with E-state index >= 15 is 0 Å². The number of anilines is 2. The van der Waals surface area contributed by atoms with Crippen molar-refractivity contribution in [3.05, 3.63) is 40.9 Å². The van der Waals surface area contributed by atoms with E-state index in [1.807, 2.05) is 31.2 Å². The van der Waals surface area contributed by atoms with E-state index in [-0.39, 0.29) is 18.0 Å². The van der Waals surface area contributed by atoms with Crippen LogP contribution in [0.4, 0.5) is 15.6 Å². The van der Waals surface area contributed by atoms with E-state index < -0.39 is 0 Å². The molecule has 1 aliphatic carbocycles. The van der Waals surface area contributed by atoms with Gasteiger partial charge in [0.1, 0.15) is 5.69 Å². The summed E-state index contributed by atoms with van der Waals surface area (Å²) in [5, 5.41) is 10.4. The summed E-state index contributed by atoms with van der Waals surface area (Å²) in [5.74, 6) is -0.176. The van der Waals surface area contributed by atoms with Crippen molar-refractivity contribution in [2.45, 2.75) is 38.6 Å². The van der Waals surface area contributed by atoms with Gasteiger partial charge in [0.25, 0.3) is 5.91 Å². The monoisotopic (exact) mass is 344 g/mol.